The average molecular weight is 355 g/mol. The SMILES string of the molecule is CCc1cc2c(=O)n(CC(=O)N(C)[C@H](C)c3ccccc3)cnc2s1. The molecule has 0 fully saturated rings. The van der Waals surface area contributed by atoms with Crippen LogP contribution in [0.2, 0.25) is 0 Å². The molecule has 6 heteroatoms. The first-order chi connectivity index (χ1) is 12.0. The minimum Gasteiger partial charge on any atom is -0.337 e. The van der Waals surface area contributed by atoms with E-state index in [0.717, 1.165) is 21.7 Å². The minimum atomic E-state index is -0.157. The van der Waals surface area contributed by atoms with Crippen LogP contribution in [-0.4, -0.2) is 27.4 Å². The predicted octanol–water partition coefficient (Wildman–Crippen LogP) is 3.24. The van der Waals surface area contributed by atoms with Crippen LogP contribution in [0.1, 0.15) is 30.3 Å². The minimum absolute atomic E-state index is 0.00719. The Hall–Kier alpha value is -2.47. The first-order valence-electron chi connectivity index (χ1n) is 8.29. The Morgan fingerprint density at radius 3 is 2.72 bits per heavy atom. The van der Waals surface area contributed by atoms with Gasteiger partial charge in [-0.05, 0) is 25.0 Å². The molecule has 0 aliphatic rings. The topological polar surface area (TPSA) is 55.2 Å². The van der Waals surface area contributed by atoms with Gasteiger partial charge in [0.15, 0.2) is 0 Å². The van der Waals surface area contributed by atoms with Gasteiger partial charge in [0.1, 0.15) is 11.4 Å². The zero-order chi connectivity index (χ0) is 18.0. The molecular weight excluding hydrogens is 334 g/mol. The molecule has 0 spiro atoms. The first kappa shape index (κ1) is 17.4. The summed E-state index contributed by atoms with van der Waals surface area (Å²) in [5.74, 6) is -0.120. The third kappa shape index (κ3) is 3.49. The van der Waals surface area contributed by atoms with E-state index in [4.69, 9.17) is 0 Å². The summed E-state index contributed by atoms with van der Waals surface area (Å²) in [6.07, 6.45) is 2.34. The van der Waals surface area contributed by atoms with Gasteiger partial charge in [-0.15, -0.1) is 11.3 Å². The normalized spacial score (nSPS) is 12.3. The van der Waals surface area contributed by atoms with Crippen molar-refractivity contribution in [2.75, 3.05) is 7.05 Å². The Bertz CT molecular complexity index is 946. The Balaban J connectivity index is 1.82. The van der Waals surface area contributed by atoms with Crippen LogP contribution in [-0.2, 0) is 17.8 Å². The number of aromatic nitrogens is 2. The number of rotatable bonds is 5. The number of hydrogen-bond acceptors (Lipinski definition) is 4. The summed E-state index contributed by atoms with van der Waals surface area (Å²) in [5.41, 5.74) is 0.903. The lowest BCUT2D eigenvalue weighted by atomic mass is 10.1. The molecule has 1 aromatic carbocycles. The molecule has 0 N–H and O–H groups in total. The van der Waals surface area contributed by atoms with Gasteiger partial charge in [0.05, 0.1) is 17.8 Å². The number of nitrogens with zero attached hydrogens (tertiary/aromatic N) is 3. The third-order valence-electron chi connectivity index (χ3n) is 4.48. The van der Waals surface area contributed by atoms with Crippen LogP contribution in [0.5, 0.6) is 0 Å². The summed E-state index contributed by atoms with van der Waals surface area (Å²) >= 11 is 1.53. The van der Waals surface area contributed by atoms with Gasteiger partial charge >= 0.3 is 0 Å². The fraction of sp³-hybridized carbons (Fsp3) is 0.316. The zero-order valence-electron chi connectivity index (χ0n) is 14.6. The van der Waals surface area contributed by atoms with E-state index in [2.05, 4.69) is 4.98 Å². The molecule has 0 saturated carbocycles. The summed E-state index contributed by atoms with van der Waals surface area (Å²) in [7, 11) is 1.76. The molecule has 3 aromatic rings. The van der Waals surface area contributed by atoms with Crippen molar-refractivity contribution in [3.63, 3.8) is 0 Å². The highest BCUT2D eigenvalue weighted by atomic mass is 32.1. The standard InChI is InChI=1S/C19H21N3O2S/c1-4-15-10-16-18(25-15)20-12-22(19(16)24)11-17(23)21(3)13(2)14-8-6-5-7-9-14/h5-10,12-13H,4,11H2,1-3H3/t13-/m1/s1. The molecule has 0 bridgehead atoms. The number of fused-ring (bicyclic) bond motifs is 1. The van der Waals surface area contributed by atoms with Crippen LogP contribution in [0, 0.1) is 0 Å². The lowest BCUT2D eigenvalue weighted by Crippen LogP contribution is -2.35. The molecule has 5 nitrogen and oxygen atoms in total. The van der Waals surface area contributed by atoms with Crippen molar-refractivity contribution in [1.29, 1.82) is 0 Å². The number of likely N-dealkylation sites (N-methyl/N-ethyl adjacent to an activating group) is 1. The van der Waals surface area contributed by atoms with Crippen LogP contribution in [0.25, 0.3) is 10.2 Å². The van der Waals surface area contributed by atoms with Crippen LogP contribution >= 0.6 is 11.3 Å². The van der Waals surface area contributed by atoms with E-state index in [1.165, 1.54) is 22.2 Å². The van der Waals surface area contributed by atoms with E-state index in [1.807, 2.05) is 50.2 Å². The van der Waals surface area contributed by atoms with E-state index < -0.39 is 0 Å². The quantitative estimate of drug-likeness (QED) is 0.706. The van der Waals surface area contributed by atoms with E-state index >= 15 is 0 Å². The van der Waals surface area contributed by atoms with Crippen LogP contribution < -0.4 is 5.56 Å². The van der Waals surface area contributed by atoms with Gasteiger partial charge in [-0.1, -0.05) is 37.3 Å². The highest BCUT2D eigenvalue weighted by Gasteiger charge is 2.18. The maximum atomic E-state index is 12.6. The van der Waals surface area contributed by atoms with Gasteiger partial charge in [0, 0.05) is 11.9 Å². The Morgan fingerprint density at radius 2 is 2.04 bits per heavy atom. The van der Waals surface area contributed by atoms with Crippen molar-refractivity contribution in [3.05, 3.63) is 63.5 Å². The first-order valence-corrected chi connectivity index (χ1v) is 9.11. The Labute approximate surface area is 150 Å². The highest BCUT2D eigenvalue weighted by Crippen LogP contribution is 2.21. The van der Waals surface area contributed by atoms with E-state index in [9.17, 15) is 9.59 Å². The van der Waals surface area contributed by atoms with Gasteiger partial charge in [-0.3, -0.25) is 14.2 Å². The maximum Gasteiger partial charge on any atom is 0.262 e. The number of benzene rings is 1. The molecule has 3 rings (SSSR count). The molecule has 2 aromatic heterocycles. The Kier molecular flexibility index (Phi) is 4.99. The van der Waals surface area contributed by atoms with Gasteiger partial charge in [0.25, 0.3) is 5.56 Å². The van der Waals surface area contributed by atoms with Crippen molar-refractivity contribution in [2.24, 2.45) is 0 Å². The molecule has 130 valence electrons. The maximum absolute atomic E-state index is 12.6. The summed E-state index contributed by atoms with van der Waals surface area (Å²) < 4.78 is 1.39. The third-order valence-corrected chi connectivity index (χ3v) is 5.67. The summed E-state index contributed by atoms with van der Waals surface area (Å²) in [4.78, 5) is 33.1. The van der Waals surface area contributed by atoms with Crippen LogP contribution in [0.15, 0.2) is 47.5 Å². The summed E-state index contributed by atoms with van der Waals surface area (Å²) in [6, 6.07) is 11.7. The highest BCUT2D eigenvalue weighted by molar-refractivity contribution is 7.18. The van der Waals surface area contributed by atoms with E-state index in [0.29, 0.717) is 5.39 Å². The fourth-order valence-electron chi connectivity index (χ4n) is 2.72. The molecule has 0 aliphatic heterocycles. The largest absolute Gasteiger partial charge is 0.337 e. The van der Waals surface area contributed by atoms with E-state index in [-0.39, 0.29) is 24.1 Å². The molecule has 1 amide bonds. The average Bonchev–Trinajstić information content (AvgIpc) is 3.07. The molecule has 2 heterocycles. The van der Waals surface area contributed by atoms with Crippen molar-refractivity contribution in [1.82, 2.24) is 14.5 Å². The van der Waals surface area contributed by atoms with Crippen molar-refractivity contribution >= 4 is 27.5 Å². The molecule has 0 unspecified atom stereocenters. The van der Waals surface area contributed by atoms with Crippen LogP contribution in [0.4, 0.5) is 0 Å². The second-order valence-electron chi connectivity index (χ2n) is 6.05. The van der Waals surface area contributed by atoms with Gasteiger partial charge in [-0.2, -0.15) is 0 Å². The molecule has 1 atom stereocenters. The van der Waals surface area contributed by atoms with Crippen molar-refractivity contribution < 1.29 is 4.79 Å². The number of hydrogen-bond donors (Lipinski definition) is 0. The lowest BCUT2D eigenvalue weighted by molar-refractivity contribution is -0.132. The van der Waals surface area contributed by atoms with Crippen molar-refractivity contribution in [2.45, 2.75) is 32.9 Å². The zero-order valence-corrected chi connectivity index (χ0v) is 15.4. The Morgan fingerprint density at radius 1 is 1.32 bits per heavy atom. The summed E-state index contributed by atoms with van der Waals surface area (Å²) in [5, 5.41) is 0.593. The monoisotopic (exact) mass is 355 g/mol. The second-order valence-corrected chi connectivity index (χ2v) is 7.17. The molecule has 25 heavy (non-hydrogen) atoms. The van der Waals surface area contributed by atoms with Gasteiger partial charge in [-0.25, -0.2) is 4.98 Å². The molecule has 0 saturated heterocycles. The molecule has 0 aliphatic carbocycles. The summed E-state index contributed by atoms with van der Waals surface area (Å²) in [6.45, 7) is 4.02. The molecular formula is C19H21N3O2S. The lowest BCUT2D eigenvalue weighted by Gasteiger charge is -2.25. The van der Waals surface area contributed by atoms with Crippen molar-refractivity contribution in [3.8, 4) is 0 Å². The number of carbonyl (C=O) groups excluding carboxylic acids is 1. The number of amides is 1. The fourth-order valence-corrected chi connectivity index (χ4v) is 3.65. The number of aryl methyl sites for hydroxylation is 1. The number of thiophene rings is 1. The van der Waals surface area contributed by atoms with Gasteiger partial charge < -0.3 is 4.90 Å². The predicted molar refractivity (Wildman–Crippen MR) is 101 cm³/mol. The molecule has 0 radical (unpaired) electrons. The number of carbonyl (C=O) groups is 1. The second kappa shape index (κ2) is 7.19. The van der Waals surface area contributed by atoms with E-state index in [1.54, 1.807) is 11.9 Å². The smallest absolute Gasteiger partial charge is 0.262 e. The van der Waals surface area contributed by atoms with Crippen LogP contribution in [0.3, 0.4) is 0 Å². The van der Waals surface area contributed by atoms with Gasteiger partial charge in [0.2, 0.25) is 5.91 Å².